The molecule has 5 nitrogen and oxygen atoms in total. The zero-order valence-electron chi connectivity index (χ0n) is 11.2. The highest BCUT2D eigenvalue weighted by Gasteiger charge is 2.12. The Bertz CT molecular complexity index is 841. The first-order chi connectivity index (χ1) is 10.3. The van der Waals surface area contributed by atoms with Gasteiger partial charge < -0.3 is 10.3 Å². The van der Waals surface area contributed by atoms with Gasteiger partial charge in [0.15, 0.2) is 0 Å². The molecular weight excluding hydrogens is 266 g/mol. The van der Waals surface area contributed by atoms with Gasteiger partial charge in [0.2, 0.25) is 5.43 Å². The number of para-hydroxylation sites is 1. The van der Waals surface area contributed by atoms with Crippen LogP contribution in [0, 0.1) is 0 Å². The number of H-pyrrole nitrogens is 1. The summed E-state index contributed by atoms with van der Waals surface area (Å²) < 4.78 is 0. The van der Waals surface area contributed by atoms with Crippen LogP contribution in [-0.2, 0) is 6.54 Å². The second-order valence-electron chi connectivity index (χ2n) is 4.62. The van der Waals surface area contributed by atoms with Crippen LogP contribution in [-0.4, -0.2) is 15.9 Å². The smallest absolute Gasteiger partial charge is 0.257 e. The number of amides is 1. The Morgan fingerprint density at radius 1 is 1.19 bits per heavy atom. The van der Waals surface area contributed by atoms with Crippen LogP contribution in [0.4, 0.5) is 0 Å². The van der Waals surface area contributed by atoms with Crippen molar-refractivity contribution in [3.63, 3.8) is 0 Å². The monoisotopic (exact) mass is 279 g/mol. The third-order valence-electron chi connectivity index (χ3n) is 3.21. The van der Waals surface area contributed by atoms with Crippen LogP contribution >= 0.6 is 0 Å². The number of fused-ring (bicyclic) bond motifs is 1. The first-order valence-electron chi connectivity index (χ1n) is 6.53. The Labute approximate surface area is 120 Å². The second kappa shape index (κ2) is 5.58. The summed E-state index contributed by atoms with van der Waals surface area (Å²) in [5.41, 5.74) is 1.43. The van der Waals surface area contributed by atoms with Crippen molar-refractivity contribution in [2.45, 2.75) is 6.54 Å². The molecule has 3 aromatic rings. The highest BCUT2D eigenvalue weighted by Crippen LogP contribution is 2.07. The van der Waals surface area contributed by atoms with Gasteiger partial charge in [-0.25, -0.2) is 0 Å². The van der Waals surface area contributed by atoms with Crippen LogP contribution in [0.1, 0.15) is 15.9 Å². The summed E-state index contributed by atoms with van der Waals surface area (Å²) in [6.07, 6.45) is 4.79. The third kappa shape index (κ3) is 2.67. The van der Waals surface area contributed by atoms with Crippen LogP contribution in [0.15, 0.2) is 59.8 Å². The lowest BCUT2D eigenvalue weighted by Crippen LogP contribution is -2.28. The van der Waals surface area contributed by atoms with Gasteiger partial charge in [0.05, 0.1) is 0 Å². The lowest BCUT2D eigenvalue weighted by Gasteiger charge is -2.05. The lowest BCUT2D eigenvalue weighted by atomic mass is 10.1. The molecule has 2 heterocycles. The maximum Gasteiger partial charge on any atom is 0.257 e. The molecule has 0 aliphatic carbocycles. The predicted octanol–water partition coefficient (Wildman–Crippen LogP) is 1.85. The topological polar surface area (TPSA) is 74.8 Å². The van der Waals surface area contributed by atoms with Gasteiger partial charge in [0, 0.05) is 36.0 Å². The number of carbonyl (C=O) groups excluding carboxylic acids is 1. The minimum absolute atomic E-state index is 0.109. The van der Waals surface area contributed by atoms with Gasteiger partial charge >= 0.3 is 0 Å². The molecule has 0 radical (unpaired) electrons. The lowest BCUT2D eigenvalue weighted by molar-refractivity contribution is 0.0949. The minimum atomic E-state index is -0.397. The predicted molar refractivity (Wildman–Crippen MR) is 80.0 cm³/mol. The molecule has 1 amide bonds. The number of hydrogen-bond acceptors (Lipinski definition) is 3. The third-order valence-corrected chi connectivity index (χ3v) is 3.21. The molecule has 2 aromatic heterocycles. The molecule has 104 valence electrons. The number of hydrogen-bond donors (Lipinski definition) is 2. The van der Waals surface area contributed by atoms with E-state index in [2.05, 4.69) is 15.3 Å². The average Bonchev–Trinajstić information content (AvgIpc) is 2.54. The van der Waals surface area contributed by atoms with E-state index in [9.17, 15) is 9.59 Å². The van der Waals surface area contributed by atoms with E-state index in [-0.39, 0.29) is 11.0 Å². The summed E-state index contributed by atoms with van der Waals surface area (Å²) in [5, 5.41) is 3.23. The Kier molecular flexibility index (Phi) is 3.47. The summed E-state index contributed by atoms with van der Waals surface area (Å²) in [6.45, 7) is 0.332. The molecule has 3 rings (SSSR count). The van der Waals surface area contributed by atoms with Crippen LogP contribution < -0.4 is 10.7 Å². The van der Waals surface area contributed by atoms with Gasteiger partial charge in [-0.05, 0) is 23.8 Å². The van der Waals surface area contributed by atoms with Crippen molar-refractivity contribution in [3.05, 3.63) is 76.3 Å². The molecule has 0 bridgehead atoms. The zero-order chi connectivity index (χ0) is 14.7. The maximum absolute atomic E-state index is 12.3. The highest BCUT2D eigenvalue weighted by atomic mass is 16.2. The average molecular weight is 279 g/mol. The number of carbonyl (C=O) groups is 1. The van der Waals surface area contributed by atoms with Crippen molar-refractivity contribution in [2.75, 3.05) is 0 Å². The Morgan fingerprint density at radius 3 is 2.86 bits per heavy atom. The van der Waals surface area contributed by atoms with Gasteiger partial charge in [-0.3, -0.25) is 14.6 Å². The number of rotatable bonds is 3. The number of nitrogens with zero attached hydrogens (tertiary/aromatic N) is 1. The summed E-state index contributed by atoms with van der Waals surface area (Å²) in [4.78, 5) is 31.4. The molecular formula is C16H13N3O2. The molecule has 21 heavy (non-hydrogen) atoms. The Balaban J connectivity index is 1.85. The first-order valence-corrected chi connectivity index (χ1v) is 6.53. The van der Waals surface area contributed by atoms with Crippen molar-refractivity contribution >= 4 is 16.8 Å². The molecule has 0 aliphatic rings. The van der Waals surface area contributed by atoms with Gasteiger partial charge in [-0.2, -0.15) is 0 Å². The molecule has 5 heteroatoms. The number of nitrogens with one attached hydrogen (secondary N) is 2. The molecule has 0 atom stereocenters. The summed E-state index contributed by atoms with van der Waals surface area (Å²) in [6, 6.07) is 10.8. The normalized spacial score (nSPS) is 10.5. The maximum atomic E-state index is 12.3. The van der Waals surface area contributed by atoms with Gasteiger partial charge in [-0.15, -0.1) is 0 Å². The number of aromatic amines is 1. The van der Waals surface area contributed by atoms with Crippen LogP contribution in [0.3, 0.4) is 0 Å². The number of aromatic nitrogens is 2. The molecule has 0 unspecified atom stereocenters. The summed E-state index contributed by atoms with van der Waals surface area (Å²) in [7, 11) is 0. The van der Waals surface area contributed by atoms with Crippen LogP contribution in [0.5, 0.6) is 0 Å². The highest BCUT2D eigenvalue weighted by molar-refractivity contribution is 5.97. The van der Waals surface area contributed by atoms with Crippen molar-refractivity contribution in [1.29, 1.82) is 0 Å². The van der Waals surface area contributed by atoms with Crippen molar-refractivity contribution in [3.8, 4) is 0 Å². The summed E-state index contributed by atoms with van der Waals surface area (Å²) >= 11 is 0. The quantitative estimate of drug-likeness (QED) is 0.768. The standard InChI is InChI=1S/C16H13N3O2/c20-15-12-5-1-2-6-14(12)18-10-13(15)16(21)19-9-11-4-3-7-17-8-11/h1-8,10H,9H2,(H,18,20)(H,19,21). The minimum Gasteiger partial charge on any atom is -0.360 e. The molecule has 1 aromatic carbocycles. The Morgan fingerprint density at radius 2 is 2.05 bits per heavy atom. The molecule has 2 N–H and O–H groups in total. The van der Waals surface area contributed by atoms with E-state index in [4.69, 9.17) is 0 Å². The van der Waals surface area contributed by atoms with E-state index in [1.54, 1.807) is 36.7 Å². The molecule has 0 saturated carbocycles. The zero-order valence-corrected chi connectivity index (χ0v) is 11.2. The number of benzene rings is 1. The van der Waals surface area contributed by atoms with E-state index in [0.29, 0.717) is 17.4 Å². The fraction of sp³-hybridized carbons (Fsp3) is 0.0625. The summed E-state index contributed by atoms with van der Waals surface area (Å²) in [5.74, 6) is -0.397. The van der Waals surface area contributed by atoms with Crippen LogP contribution in [0.25, 0.3) is 10.9 Å². The van der Waals surface area contributed by atoms with Gasteiger partial charge in [0.1, 0.15) is 5.56 Å². The first kappa shape index (κ1) is 13.1. The van der Waals surface area contributed by atoms with E-state index < -0.39 is 5.91 Å². The number of pyridine rings is 2. The van der Waals surface area contributed by atoms with E-state index in [0.717, 1.165) is 5.56 Å². The molecule has 0 fully saturated rings. The molecule has 0 spiro atoms. The van der Waals surface area contributed by atoms with Crippen molar-refractivity contribution in [2.24, 2.45) is 0 Å². The molecule has 0 aliphatic heterocycles. The van der Waals surface area contributed by atoms with E-state index in [1.807, 2.05) is 12.1 Å². The van der Waals surface area contributed by atoms with Crippen molar-refractivity contribution in [1.82, 2.24) is 15.3 Å². The van der Waals surface area contributed by atoms with E-state index in [1.165, 1.54) is 6.20 Å². The Hall–Kier alpha value is -2.95. The fourth-order valence-electron chi connectivity index (χ4n) is 2.12. The van der Waals surface area contributed by atoms with Gasteiger partial charge in [-0.1, -0.05) is 18.2 Å². The SMILES string of the molecule is O=C(NCc1cccnc1)c1c[nH]c2ccccc2c1=O. The van der Waals surface area contributed by atoms with Crippen LogP contribution in [0.2, 0.25) is 0 Å². The molecule has 0 saturated heterocycles. The van der Waals surface area contributed by atoms with E-state index >= 15 is 0 Å². The van der Waals surface area contributed by atoms with Crippen molar-refractivity contribution < 1.29 is 4.79 Å². The second-order valence-corrected chi connectivity index (χ2v) is 4.62. The fourth-order valence-corrected chi connectivity index (χ4v) is 2.12. The van der Waals surface area contributed by atoms with Gasteiger partial charge in [0.25, 0.3) is 5.91 Å². The largest absolute Gasteiger partial charge is 0.360 e.